The molecule has 0 radical (unpaired) electrons. The predicted molar refractivity (Wildman–Crippen MR) is 89.8 cm³/mol. The van der Waals surface area contributed by atoms with Crippen LogP contribution in [0.1, 0.15) is 12.5 Å². The molecule has 1 aromatic carbocycles. The smallest absolute Gasteiger partial charge is 0.240 e. The Labute approximate surface area is 145 Å². The maximum absolute atomic E-state index is 12.9. The van der Waals surface area contributed by atoms with Crippen molar-refractivity contribution in [3.05, 3.63) is 54.0 Å². The van der Waals surface area contributed by atoms with Gasteiger partial charge < -0.3 is 20.1 Å². The fraction of sp³-hybridized carbons (Fsp3) is 0.333. The van der Waals surface area contributed by atoms with Crippen LogP contribution in [-0.2, 0) is 16.1 Å². The lowest BCUT2D eigenvalue weighted by atomic mass is 10.1. The summed E-state index contributed by atoms with van der Waals surface area (Å²) >= 11 is 0. The van der Waals surface area contributed by atoms with E-state index in [0.717, 1.165) is 5.56 Å². The minimum atomic E-state index is -0.356. The number of pyridine rings is 1. The highest BCUT2D eigenvalue weighted by Gasteiger charge is 2.27. The number of benzene rings is 1. The van der Waals surface area contributed by atoms with Crippen LogP contribution in [0.15, 0.2) is 42.6 Å². The van der Waals surface area contributed by atoms with E-state index in [2.05, 4.69) is 15.6 Å². The van der Waals surface area contributed by atoms with Crippen LogP contribution in [0.25, 0.3) is 0 Å². The number of hydrogen-bond donors (Lipinski definition) is 2. The first-order chi connectivity index (χ1) is 12.1. The molecule has 7 heteroatoms. The number of aromatic nitrogens is 1. The van der Waals surface area contributed by atoms with Crippen LogP contribution in [0.4, 0.5) is 4.39 Å². The van der Waals surface area contributed by atoms with Gasteiger partial charge in [0.2, 0.25) is 11.8 Å². The molecule has 25 heavy (non-hydrogen) atoms. The first-order valence-corrected chi connectivity index (χ1v) is 8.13. The Balaban J connectivity index is 1.58. The third-order valence-electron chi connectivity index (χ3n) is 3.90. The molecule has 3 rings (SSSR count). The second-order valence-electron chi connectivity index (χ2n) is 5.78. The number of hydrogen-bond acceptors (Lipinski definition) is 5. The number of carbonyl (C=O) groups is 1. The van der Waals surface area contributed by atoms with Crippen molar-refractivity contribution in [3.8, 4) is 11.6 Å². The van der Waals surface area contributed by atoms with E-state index in [-0.39, 0.29) is 23.9 Å². The van der Waals surface area contributed by atoms with E-state index in [1.807, 2.05) is 6.92 Å². The van der Waals surface area contributed by atoms with Crippen LogP contribution in [0.2, 0.25) is 0 Å². The van der Waals surface area contributed by atoms with Crippen molar-refractivity contribution in [3.63, 3.8) is 0 Å². The van der Waals surface area contributed by atoms with Gasteiger partial charge in [-0.25, -0.2) is 9.37 Å². The molecular weight excluding hydrogens is 325 g/mol. The van der Waals surface area contributed by atoms with E-state index in [9.17, 15) is 9.18 Å². The molecule has 1 fully saturated rings. The van der Waals surface area contributed by atoms with Crippen LogP contribution >= 0.6 is 0 Å². The van der Waals surface area contributed by atoms with Gasteiger partial charge in [-0.1, -0.05) is 0 Å². The lowest BCUT2D eigenvalue weighted by Crippen LogP contribution is -2.55. The maximum atomic E-state index is 12.9. The number of nitrogens with one attached hydrogen (secondary N) is 2. The molecule has 0 bridgehead atoms. The van der Waals surface area contributed by atoms with Crippen molar-refractivity contribution in [1.29, 1.82) is 0 Å². The van der Waals surface area contributed by atoms with Gasteiger partial charge in [0.1, 0.15) is 17.6 Å². The van der Waals surface area contributed by atoms with Crippen molar-refractivity contribution in [2.24, 2.45) is 0 Å². The second-order valence-corrected chi connectivity index (χ2v) is 5.78. The largest absolute Gasteiger partial charge is 0.439 e. The lowest BCUT2D eigenvalue weighted by molar-refractivity contribution is -0.129. The molecule has 0 unspecified atom stereocenters. The summed E-state index contributed by atoms with van der Waals surface area (Å²) in [5, 5.41) is 6.03. The van der Waals surface area contributed by atoms with E-state index in [4.69, 9.17) is 9.47 Å². The van der Waals surface area contributed by atoms with Crippen molar-refractivity contribution in [1.82, 2.24) is 15.6 Å². The van der Waals surface area contributed by atoms with Crippen LogP contribution in [0.3, 0.4) is 0 Å². The number of ether oxygens (including phenoxy) is 2. The standard InChI is InChI=1S/C18H20FN3O3/c1-12-17(21-8-9-24-12)18(23)22-11-13-6-7-20-16(10-13)25-15-4-2-14(19)3-5-15/h2-7,10,12,17,21H,8-9,11H2,1H3,(H,22,23)/t12-,17+/m1/s1. The first kappa shape index (κ1) is 17.3. The number of amides is 1. The van der Waals surface area contributed by atoms with Gasteiger partial charge in [-0.05, 0) is 42.8 Å². The summed E-state index contributed by atoms with van der Waals surface area (Å²) in [6, 6.07) is 8.87. The fourth-order valence-corrected chi connectivity index (χ4v) is 2.57. The summed E-state index contributed by atoms with van der Waals surface area (Å²) < 4.78 is 24.0. The Kier molecular flexibility index (Phi) is 5.57. The minimum Gasteiger partial charge on any atom is -0.439 e. The highest BCUT2D eigenvalue weighted by molar-refractivity contribution is 5.82. The quantitative estimate of drug-likeness (QED) is 0.867. The van der Waals surface area contributed by atoms with E-state index in [0.29, 0.717) is 31.3 Å². The summed E-state index contributed by atoms with van der Waals surface area (Å²) in [7, 11) is 0. The Bertz CT molecular complexity index is 724. The number of morpholine rings is 1. The molecule has 0 saturated carbocycles. The molecule has 2 atom stereocenters. The Morgan fingerprint density at radius 1 is 1.40 bits per heavy atom. The molecule has 1 saturated heterocycles. The molecule has 132 valence electrons. The van der Waals surface area contributed by atoms with Gasteiger partial charge in [-0.15, -0.1) is 0 Å². The summed E-state index contributed by atoms with van der Waals surface area (Å²) in [5.41, 5.74) is 0.852. The highest BCUT2D eigenvalue weighted by Crippen LogP contribution is 2.20. The minimum absolute atomic E-state index is 0.106. The van der Waals surface area contributed by atoms with Gasteiger partial charge in [-0.2, -0.15) is 0 Å². The fourth-order valence-electron chi connectivity index (χ4n) is 2.57. The number of rotatable bonds is 5. The van der Waals surface area contributed by atoms with Crippen LogP contribution < -0.4 is 15.4 Å². The predicted octanol–water partition coefficient (Wildman–Crippen LogP) is 2.01. The second kappa shape index (κ2) is 8.04. The molecule has 1 aliphatic rings. The molecule has 2 N–H and O–H groups in total. The zero-order valence-corrected chi connectivity index (χ0v) is 13.9. The number of carbonyl (C=O) groups excluding carboxylic acids is 1. The Morgan fingerprint density at radius 3 is 2.96 bits per heavy atom. The molecule has 0 spiro atoms. The van der Waals surface area contributed by atoms with Gasteiger partial charge >= 0.3 is 0 Å². The van der Waals surface area contributed by atoms with Crippen molar-refractivity contribution in [2.45, 2.75) is 25.6 Å². The molecule has 2 aromatic rings. The lowest BCUT2D eigenvalue weighted by Gasteiger charge is -2.29. The molecule has 1 amide bonds. The topological polar surface area (TPSA) is 72.5 Å². The Hall–Kier alpha value is -2.51. The average molecular weight is 345 g/mol. The third kappa shape index (κ3) is 4.74. The zero-order chi connectivity index (χ0) is 17.6. The van der Waals surface area contributed by atoms with E-state index < -0.39 is 0 Å². The molecule has 1 aliphatic heterocycles. The van der Waals surface area contributed by atoms with Crippen molar-refractivity contribution in [2.75, 3.05) is 13.2 Å². The van der Waals surface area contributed by atoms with Crippen LogP contribution in [-0.4, -0.2) is 36.2 Å². The zero-order valence-electron chi connectivity index (χ0n) is 13.9. The first-order valence-electron chi connectivity index (χ1n) is 8.13. The van der Waals surface area contributed by atoms with Gasteiger partial charge in [0, 0.05) is 25.4 Å². The van der Waals surface area contributed by atoms with Gasteiger partial charge in [-0.3, -0.25) is 4.79 Å². The molecule has 6 nitrogen and oxygen atoms in total. The summed E-state index contributed by atoms with van der Waals surface area (Å²) in [5.74, 6) is 0.439. The van der Waals surface area contributed by atoms with Gasteiger partial charge in [0.25, 0.3) is 0 Å². The number of nitrogens with zero attached hydrogens (tertiary/aromatic N) is 1. The molecule has 2 heterocycles. The summed E-state index contributed by atoms with van der Waals surface area (Å²) in [6.45, 7) is 3.50. The van der Waals surface area contributed by atoms with E-state index >= 15 is 0 Å². The van der Waals surface area contributed by atoms with E-state index in [1.165, 1.54) is 24.3 Å². The summed E-state index contributed by atoms with van der Waals surface area (Å²) in [4.78, 5) is 16.4. The highest BCUT2D eigenvalue weighted by atomic mass is 19.1. The van der Waals surface area contributed by atoms with Crippen molar-refractivity contribution >= 4 is 5.91 Å². The van der Waals surface area contributed by atoms with Gasteiger partial charge in [0.15, 0.2) is 0 Å². The number of halogens is 1. The monoisotopic (exact) mass is 345 g/mol. The molecule has 0 aliphatic carbocycles. The molecular formula is C18H20FN3O3. The maximum Gasteiger partial charge on any atom is 0.240 e. The van der Waals surface area contributed by atoms with E-state index in [1.54, 1.807) is 18.3 Å². The van der Waals surface area contributed by atoms with Gasteiger partial charge in [0.05, 0.1) is 12.7 Å². The molecule has 1 aromatic heterocycles. The SMILES string of the molecule is C[C@H]1OCCN[C@@H]1C(=O)NCc1ccnc(Oc2ccc(F)cc2)c1. The average Bonchev–Trinajstić information content (AvgIpc) is 2.62. The normalized spacial score (nSPS) is 20.1. The van der Waals surface area contributed by atoms with Crippen molar-refractivity contribution < 1.29 is 18.7 Å². The van der Waals surface area contributed by atoms with Crippen LogP contribution in [0, 0.1) is 5.82 Å². The Morgan fingerprint density at radius 2 is 2.20 bits per heavy atom. The van der Waals surface area contributed by atoms with Crippen LogP contribution in [0.5, 0.6) is 11.6 Å². The third-order valence-corrected chi connectivity index (χ3v) is 3.90. The summed E-state index contributed by atoms with van der Waals surface area (Å²) in [6.07, 6.45) is 1.44.